The predicted molar refractivity (Wildman–Crippen MR) is 140 cm³/mol. The van der Waals surface area contributed by atoms with Crippen molar-refractivity contribution in [2.24, 2.45) is 10.8 Å². The third kappa shape index (κ3) is 6.27. The van der Waals surface area contributed by atoms with Gasteiger partial charge >= 0.3 is 12.1 Å². The van der Waals surface area contributed by atoms with E-state index in [1.54, 1.807) is 6.07 Å². The van der Waals surface area contributed by atoms with Crippen LogP contribution in [-0.2, 0) is 22.4 Å². The molecule has 3 aromatic rings. The average Bonchev–Trinajstić information content (AvgIpc) is 3.24. The van der Waals surface area contributed by atoms with Crippen LogP contribution < -0.4 is 10.7 Å². The molecule has 0 saturated carbocycles. The van der Waals surface area contributed by atoms with Gasteiger partial charge in [0, 0.05) is 11.9 Å². The van der Waals surface area contributed by atoms with Crippen LogP contribution in [0.5, 0.6) is 0 Å². The lowest BCUT2D eigenvalue weighted by atomic mass is 9.94. The number of hydrogen-bond donors (Lipinski definition) is 2. The maximum atomic E-state index is 11.9. The van der Waals surface area contributed by atoms with Gasteiger partial charge in [-0.3, -0.25) is 10.1 Å². The second kappa shape index (κ2) is 12.0. The molecule has 0 saturated heterocycles. The monoisotopic (exact) mass is 488 g/mol. The number of nitriles is 1. The Balaban J connectivity index is 1.87. The molecule has 0 spiro atoms. The van der Waals surface area contributed by atoms with E-state index < -0.39 is 17.8 Å². The van der Waals surface area contributed by atoms with Gasteiger partial charge in [-0.2, -0.15) is 15.5 Å². The van der Waals surface area contributed by atoms with Crippen LogP contribution in [0.4, 0.5) is 10.5 Å². The van der Waals surface area contributed by atoms with E-state index in [1.807, 2.05) is 32.9 Å². The molecule has 2 aromatic carbocycles. The van der Waals surface area contributed by atoms with Crippen LogP contribution in [0.15, 0.2) is 35.4 Å². The second-order valence-corrected chi connectivity index (χ2v) is 8.73. The zero-order chi connectivity index (χ0) is 26.2. The zero-order valence-electron chi connectivity index (χ0n) is 21.2. The fraction of sp³-hybridized carbons (Fsp3) is 0.370. The van der Waals surface area contributed by atoms with E-state index in [4.69, 9.17) is 5.73 Å². The van der Waals surface area contributed by atoms with Crippen LogP contribution in [0.1, 0.15) is 61.1 Å². The number of carbonyl (C=O) groups is 2. The van der Waals surface area contributed by atoms with Crippen molar-refractivity contribution in [3.63, 3.8) is 0 Å². The first kappa shape index (κ1) is 26.4. The summed E-state index contributed by atoms with van der Waals surface area (Å²) in [4.78, 5) is 22.8. The van der Waals surface area contributed by atoms with Crippen molar-refractivity contribution in [1.29, 1.82) is 5.26 Å². The molecular weight excluding hydrogens is 456 g/mol. The van der Waals surface area contributed by atoms with E-state index >= 15 is 0 Å². The van der Waals surface area contributed by atoms with Gasteiger partial charge in [-0.25, -0.2) is 9.59 Å². The number of benzene rings is 2. The number of hydrazone groups is 1. The highest BCUT2D eigenvalue weighted by Gasteiger charge is 2.19. The molecule has 1 aromatic heterocycles. The average molecular weight is 489 g/mol. The number of esters is 1. The van der Waals surface area contributed by atoms with E-state index in [2.05, 4.69) is 45.2 Å². The summed E-state index contributed by atoms with van der Waals surface area (Å²) in [5.74, 6) is -1.18. The number of aromatic amines is 1. The number of aromatic nitrogens is 2. The van der Waals surface area contributed by atoms with Crippen LogP contribution in [-0.4, -0.2) is 34.5 Å². The number of aryl methyl sites for hydroxylation is 3. The van der Waals surface area contributed by atoms with Gasteiger partial charge in [0.2, 0.25) is 5.71 Å². The van der Waals surface area contributed by atoms with Gasteiger partial charge in [0.1, 0.15) is 6.07 Å². The van der Waals surface area contributed by atoms with Gasteiger partial charge in [-0.1, -0.05) is 25.8 Å². The van der Waals surface area contributed by atoms with Crippen molar-refractivity contribution >= 4 is 34.4 Å². The molecule has 1 heterocycles. The first-order chi connectivity index (χ1) is 17.3. The summed E-state index contributed by atoms with van der Waals surface area (Å²) in [5.41, 5.74) is 11.7. The van der Waals surface area contributed by atoms with Crippen molar-refractivity contribution in [2.75, 3.05) is 11.6 Å². The third-order valence-electron chi connectivity index (χ3n) is 6.10. The topological polar surface area (TPSA) is 137 Å². The molecule has 36 heavy (non-hydrogen) atoms. The molecule has 0 fully saturated rings. The van der Waals surface area contributed by atoms with Crippen LogP contribution in [0, 0.1) is 25.2 Å². The SMILES string of the molecule is CCCCCc1n[nH]c2ccc(Cc3c(C)cc(N(CC)N=C(C#N)C(=O)OC(N)=O)cc3C)cc12. The van der Waals surface area contributed by atoms with Gasteiger partial charge in [0.15, 0.2) is 0 Å². The number of H-pyrrole nitrogens is 1. The van der Waals surface area contributed by atoms with Crippen molar-refractivity contribution < 1.29 is 14.3 Å². The number of nitrogens with one attached hydrogen (secondary N) is 1. The molecule has 0 bridgehead atoms. The van der Waals surface area contributed by atoms with Crippen molar-refractivity contribution in [1.82, 2.24) is 10.2 Å². The predicted octanol–water partition coefficient (Wildman–Crippen LogP) is 4.83. The van der Waals surface area contributed by atoms with E-state index in [9.17, 15) is 14.9 Å². The second-order valence-electron chi connectivity index (χ2n) is 8.73. The number of hydrogen-bond acceptors (Lipinski definition) is 7. The maximum absolute atomic E-state index is 11.9. The number of ether oxygens (including phenoxy) is 1. The molecule has 9 heteroatoms. The maximum Gasteiger partial charge on any atom is 0.412 e. The summed E-state index contributed by atoms with van der Waals surface area (Å²) in [7, 11) is 0. The lowest BCUT2D eigenvalue weighted by molar-refractivity contribution is -0.129. The largest absolute Gasteiger partial charge is 0.412 e. The molecule has 3 N–H and O–H groups in total. The van der Waals surface area contributed by atoms with Crippen LogP contribution in [0.2, 0.25) is 0 Å². The summed E-state index contributed by atoms with van der Waals surface area (Å²) in [6.45, 7) is 8.49. The van der Waals surface area contributed by atoms with Gasteiger partial charge in [0.05, 0.1) is 16.9 Å². The minimum absolute atomic E-state index is 0.394. The summed E-state index contributed by atoms with van der Waals surface area (Å²) in [6.07, 6.45) is 3.94. The first-order valence-electron chi connectivity index (χ1n) is 12.1. The lowest BCUT2D eigenvalue weighted by Gasteiger charge is -2.20. The number of carbonyl (C=O) groups excluding carboxylic acids is 2. The number of primary amides is 1. The summed E-state index contributed by atoms with van der Waals surface area (Å²) < 4.78 is 4.29. The van der Waals surface area contributed by atoms with E-state index in [0.29, 0.717) is 6.54 Å². The molecule has 0 aliphatic rings. The van der Waals surface area contributed by atoms with Crippen molar-refractivity contribution in [3.8, 4) is 6.07 Å². The Bertz CT molecular complexity index is 1310. The number of rotatable bonds is 10. The molecule has 3 rings (SSSR count). The molecule has 0 radical (unpaired) electrons. The van der Waals surface area contributed by atoms with Gasteiger partial charge < -0.3 is 10.5 Å². The number of fused-ring (bicyclic) bond motifs is 1. The number of nitrogens with zero attached hydrogens (tertiary/aromatic N) is 4. The number of nitrogens with two attached hydrogens (primary N) is 1. The highest BCUT2D eigenvalue weighted by molar-refractivity contribution is 6.44. The molecule has 1 amide bonds. The number of unbranched alkanes of at least 4 members (excludes halogenated alkanes) is 2. The van der Waals surface area contributed by atoms with E-state index in [1.165, 1.54) is 34.4 Å². The van der Waals surface area contributed by atoms with Gasteiger partial charge in [-0.15, -0.1) is 0 Å². The highest BCUT2D eigenvalue weighted by Crippen LogP contribution is 2.27. The summed E-state index contributed by atoms with van der Waals surface area (Å²) in [5, 5.41) is 23.8. The Hall–Kier alpha value is -4.19. The summed E-state index contributed by atoms with van der Waals surface area (Å²) >= 11 is 0. The minimum Gasteiger partial charge on any atom is -0.371 e. The van der Waals surface area contributed by atoms with Crippen LogP contribution >= 0.6 is 0 Å². The minimum atomic E-state index is -1.29. The van der Waals surface area contributed by atoms with Gasteiger partial charge in [0.25, 0.3) is 0 Å². The number of amides is 1. The van der Waals surface area contributed by atoms with Crippen molar-refractivity contribution in [2.45, 2.75) is 59.8 Å². The molecular formula is C27H32N6O3. The standard InChI is InChI=1S/C27H32N6O3/c1-5-7-8-9-23-22-15-19(10-11-24(22)31-30-23)14-21-17(3)12-20(13-18(21)4)33(6-2)32-25(16-28)26(34)36-27(29)35/h10-13,15H,5-9,14H2,1-4H3,(H2,29,35)(H,30,31). The van der Waals surface area contributed by atoms with Crippen LogP contribution in [0.25, 0.3) is 10.9 Å². The van der Waals surface area contributed by atoms with Gasteiger partial charge in [-0.05, 0) is 86.6 Å². The Kier molecular flexibility index (Phi) is 8.79. The quantitative estimate of drug-likeness (QED) is 0.138. The van der Waals surface area contributed by atoms with E-state index in [0.717, 1.165) is 47.3 Å². The zero-order valence-corrected chi connectivity index (χ0v) is 21.2. The normalized spacial score (nSPS) is 11.4. The number of anilines is 1. The smallest absolute Gasteiger partial charge is 0.371 e. The fourth-order valence-corrected chi connectivity index (χ4v) is 4.24. The molecule has 0 unspecified atom stereocenters. The molecule has 9 nitrogen and oxygen atoms in total. The molecule has 188 valence electrons. The Morgan fingerprint density at radius 3 is 2.50 bits per heavy atom. The third-order valence-corrected chi connectivity index (χ3v) is 6.10. The van der Waals surface area contributed by atoms with Crippen molar-refractivity contribution in [3.05, 3.63) is 58.3 Å². The lowest BCUT2D eigenvalue weighted by Crippen LogP contribution is -2.27. The Morgan fingerprint density at radius 2 is 1.89 bits per heavy atom. The Morgan fingerprint density at radius 1 is 1.17 bits per heavy atom. The van der Waals surface area contributed by atoms with Crippen LogP contribution in [0.3, 0.4) is 0 Å². The Labute approximate surface area is 210 Å². The molecule has 0 aliphatic carbocycles. The summed E-state index contributed by atoms with van der Waals surface area (Å²) in [6, 6.07) is 12.0. The molecule has 0 atom stereocenters. The molecule has 0 aliphatic heterocycles. The van der Waals surface area contributed by atoms with E-state index in [-0.39, 0.29) is 0 Å². The fourth-order valence-electron chi connectivity index (χ4n) is 4.24. The first-order valence-corrected chi connectivity index (χ1v) is 12.1. The highest BCUT2D eigenvalue weighted by atomic mass is 16.6.